The number of carbonyl (C=O) groups is 2. The largest absolute Gasteiger partial charge is 0.298 e. The molecular weight excluding hydrogens is 300 g/mol. The van der Waals surface area contributed by atoms with Crippen molar-refractivity contribution in [3.05, 3.63) is 23.9 Å². The second kappa shape index (κ2) is 3.82. The van der Waals surface area contributed by atoms with E-state index in [1.807, 2.05) is 18.4 Å². The molecule has 0 N–H and O–H groups in total. The van der Waals surface area contributed by atoms with Gasteiger partial charge in [0.25, 0.3) is 0 Å². The number of fused-ring (bicyclic) bond motifs is 2. The molecule has 4 heteroatoms. The van der Waals surface area contributed by atoms with E-state index in [9.17, 15) is 9.59 Å². The summed E-state index contributed by atoms with van der Waals surface area (Å²) in [5.74, 6) is 1.11. The zero-order valence-electron chi connectivity index (χ0n) is 14.0. The van der Waals surface area contributed by atoms with Crippen LogP contribution in [0.3, 0.4) is 0 Å². The molecule has 2 saturated carbocycles. The molecule has 3 unspecified atom stereocenters. The van der Waals surface area contributed by atoms with Gasteiger partial charge in [-0.15, -0.1) is 0 Å². The van der Waals surface area contributed by atoms with Gasteiger partial charge in [-0.05, 0) is 63.1 Å². The van der Waals surface area contributed by atoms with Crippen LogP contribution in [-0.2, 0) is 9.59 Å². The normalized spacial score (nSPS) is 51.2. The highest BCUT2D eigenvalue weighted by Crippen LogP contribution is 2.74. The first-order valence-corrected chi connectivity index (χ1v) is 9.36. The van der Waals surface area contributed by atoms with Gasteiger partial charge < -0.3 is 0 Å². The second-order valence-electron chi connectivity index (χ2n) is 8.77. The molecule has 24 heavy (non-hydrogen) atoms. The third-order valence-corrected chi connectivity index (χ3v) is 8.11. The van der Waals surface area contributed by atoms with Crippen molar-refractivity contribution in [2.24, 2.45) is 21.7 Å². The lowest BCUT2D eigenvalue weighted by Crippen LogP contribution is -2.69. The van der Waals surface area contributed by atoms with Crippen molar-refractivity contribution in [1.29, 1.82) is 0 Å². The van der Waals surface area contributed by atoms with Crippen molar-refractivity contribution in [3.63, 3.8) is 0 Å². The highest BCUT2D eigenvalue weighted by molar-refractivity contribution is 6.26. The molecule has 0 aromatic heterocycles. The summed E-state index contributed by atoms with van der Waals surface area (Å²) in [5.41, 5.74) is 0.261. The van der Waals surface area contributed by atoms with Gasteiger partial charge in [0.1, 0.15) is 5.78 Å². The summed E-state index contributed by atoms with van der Waals surface area (Å²) in [5, 5.41) is 0. The smallest absolute Gasteiger partial charge is 0.166 e. The highest BCUT2D eigenvalue weighted by atomic mass is 16.1. The van der Waals surface area contributed by atoms with Crippen molar-refractivity contribution in [2.75, 3.05) is 6.54 Å². The molecule has 124 valence electrons. The second-order valence-corrected chi connectivity index (χ2v) is 8.77. The lowest BCUT2D eigenvalue weighted by molar-refractivity contribution is -0.141. The van der Waals surface area contributed by atoms with Crippen LogP contribution in [0.2, 0.25) is 0 Å². The Labute approximate surface area is 141 Å². The van der Waals surface area contributed by atoms with Crippen LogP contribution in [0, 0.1) is 16.7 Å². The maximum atomic E-state index is 13.9. The Hall–Kier alpha value is -1.55. The van der Waals surface area contributed by atoms with Crippen LogP contribution in [0.1, 0.15) is 45.4 Å². The average molecular weight is 322 g/mol. The van der Waals surface area contributed by atoms with E-state index in [0.717, 1.165) is 30.7 Å². The van der Waals surface area contributed by atoms with Gasteiger partial charge in [0.05, 0.1) is 22.1 Å². The van der Waals surface area contributed by atoms with Crippen LogP contribution in [0.25, 0.3) is 0 Å². The quantitative estimate of drug-likeness (QED) is 0.688. The van der Waals surface area contributed by atoms with Crippen molar-refractivity contribution in [3.8, 4) is 0 Å². The SMILES string of the molecule is C[C@@]12C[C@]34C(=O)CC=CC3=NC=C3CCC5CCCN1C5C34C2=O. The van der Waals surface area contributed by atoms with Gasteiger partial charge in [0.15, 0.2) is 5.78 Å². The Morgan fingerprint density at radius 1 is 1.29 bits per heavy atom. The molecule has 2 bridgehead atoms. The number of hydrogen-bond acceptors (Lipinski definition) is 4. The molecule has 4 fully saturated rings. The van der Waals surface area contributed by atoms with Crippen LogP contribution >= 0.6 is 0 Å². The van der Waals surface area contributed by atoms with Gasteiger partial charge in [0, 0.05) is 18.7 Å². The van der Waals surface area contributed by atoms with E-state index < -0.39 is 16.4 Å². The standard InChI is InChI=1S/C20H22N2O2/c1-18-11-19-14(5-2-6-15(19)23)21-10-13-8-7-12-4-3-9-22(18)16(12)20(13,19)17(18)24/h2,5,10,12,16H,3-4,6-9,11H2,1H3/t12?,16?,18-,19+,20?/m0/s1. The number of carbonyl (C=O) groups excluding carboxylic acids is 2. The molecule has 2 spiro atoms. The van der Waals surface area contributed by atoms with E-state index in [4.69, 9.17) is 4.99 Å². The van der Waals surface area contributed by atoms with Gasteiger partial charge in [-0.1, -0.05) is 6.08 Å². The number of hydrogen-bond donors (Lipinski definition) is 0. The van der Waals surface area contributed by atoms with Gasteiger partial charge in [-0.25, -0.2) is 0 Å². The number of nitrogens with zero attached hydrogens (tertiary/aromatic N) is 2. The molecule has 3 aliphatic heterocycles. The molecule has 3 heterocycles. The molecule has 0 radical (unpaired) electrons. The third kappa shape index (κ3) is 1.06. The summed E-state index contributed by atoms with van der Waals surface area (Å²) in [6.45, 7) is 3.11. The summed E-state index contributed by atoms with van der Waals surface area (Å²) < 4.78 is 0. The van der Waals surface area contributed by atoms with Gasteiger partial charge in [-0.2, -0.15) is 0 Å². The minimum absolute atomic E-state index is 0.221. The van der Waals surface area contributed by atoms with Crippen LogP contribution in [-0.4, -0.2) is 40.3 Å². The minimum atomic E-state index is -0.672. The lowest BCUT2D eigenvalue weighted by Gasteiger charge is -2.61. The Balaban J connectivity index is 1.73. The molecule has 6 rings (SSSR count). The third-order valence-electron chi connectivity index (χ3n) is 8.11. The van der Waals surface area contributed by atoms with Crippen LogP contribution in [0.5, 0.6) is 0 Å². The Bertz CT molecular complexity index is 808. The first-order valence-electron chi connectivity index (χ1n) is 9.36. The molecule has 3 aliphatic carbocycles. The maximum Gasteiger partial charge on any atom is 0.166 e. The first kappa shape index (κ1) is 13.7. The molecule has 4 nitrogen and oxygen atoms in total. The summed E-state index contributed by atoms with van der Waals surface area (Å²) >= 11 is 0. The van der Waals surface area contributed by atoms with Crippen molar-refractivity contribution in [1.82, 2.24) is 4.90 Å². The fraction of sp³-hybridized carbons (Fsp3) is 0.650. The summed E-state index contributed by atoms with van der Waals surface area (Å²) in [6.07, 6.45) is 11.5. The van der Waals surface area contributed by atoms with Crippen LogP contribution in [0.4, 0.5) is 0 Å². The Morgan fingerprint density at radius 2 is 2.17 bits per heavy atom. The zero-order valence-corrected chi connectivity index (χ0v) is 14.0. The summed E-state index contributed by atoms with van der Waals surface area (Å²) in [6, 6.07) is 0.221. The number of rotatable bonds is 0. The lowest BCUT2D eigenvalue weighted by atomic mass is 9.46. The average Bonchev–Trinajstić information content (AvgIpc) is 2.92. The van der Waals surface area contributed by atoms with Crippen LogP contribution < -0.4 is 0 Å². The van der Waals surface area contributed by atoms with Crippen molar-refractivity contribution in [2.45, 2.75) is 57.0 Å². The first-order chi connectivity index (χ1) is 11.6. The monoisotopic (exact) mass is 322 g/mol. The number of Topliss-reactive ketones (excluding diaryl/α,β-unsaturated/α-hetero) is 2. The van der Waals surface area contributed by atoms with E-state index in [1.54, 1.807) is 0 Å². The summed E-state index contributed by atoms with van der Waals surface area (Å²) in [4.78, 5) is 34.4. The van der Waals surface area contributed by atoms with Gasteiger partial charge in [-0.3, -0.25) is 19.5 Å². The summed E-state index contributed by atoms with van der Waals surface area (Å²) in [7, 11) is 0. The zero-order chi connectivity index (χ0) is 16.3. The number of ketones is 2. The topological polar surface area (TPSA) is 49.7 Å². The predicted molar refractivity (Wildman–Crippen MR) is 89.6 cm³/mol. The van der Waals surface area contributed by atoms with E-state index in [-0.39, 0.29) is 11.8 Å². The highest BCUT2D eigenvalue weighted by Gasteiger charge is 2.85. The molecular formula is C20H22N2O2. The van der Waals surface area contributed by atoms with Crippen LogP contribution in [0.15, 0.2) is 28.9 Å². The molecule has 0 aromatic rings. The molecule has 0 aromatic carbocycles. The maximum absolute atomic E-state index is 13.9. The molecule has 0 amide bonds. The van der Waals surface area contributed by atoms with E-state index in [2.05, 4.69) is 11.8 Å². The van der Waals surface area contributed by atoms with Gasteiger partial charge in [0.2, 0.25) is 0 Å². The number of piperidine rings is 2. The van der Waals surface area contributed by atoms with Crippen molar-refractivity contribution < 1.29 is 9.59 Å². The molecule has 2 saturated heterocycles. The molecule has 6 aliphatic rings. The fourth-order valence-corrected chi connectivity index (χ4v) is 7.45. The number of allylic oxidation sites excluding steroid dienone is 2. The van der Waals surface area contributed by atoms with Crippen molar-refractivity contribution >= 4 is 17.3 Å². The van der Waals surface area contributed by atoms with E-state index >= 15 is 0 Å². The predicted octanol–water partition coefficient (Wildman–Crippen LogP) is 2.45. The van der Waals surface area contributed by atoms with E-state index in [1.165, 1.54) is 12.8 Å². The fourth-order valence-electron chi connectivity index (χ4n) is 7.45. The van der Waals surface area contributed by atoms with E-state index in [0.29, 0.717) is 24.5 Å². The Kier molecular flexibility index (Phi) is 2.18. The molecule has 5 atom stereocenters. The van der Waals surface area contributed by atoms with Gasteiger partial charge >= 0.3 is 0 Å². The Morgan fingerprint density at radius 3 is 3.04 bits per heavy atom. The number of aliphatic imine (C=N–C) groups is 1. The minimum Gasteiger partial charge on any atom is -0.298 e.